The van der Waals surface area contributed by atoms with Crippen molar-refractivity contribution in [3.63, 3.8) is 0 Å². The monoisotopic (exact) mass is 278 g/mol. The first-order valence-electron chi connectivity index (χ1n) is 7.12. The summed E-state index contributed by atoms with van der Waals surface area (Å²) in [5, 5.41) is 0. The summed E-state index contributed by atoms with van der Waals surface area (Å²) in [5.74, 6) is 0.737. The van der Waals surface area contributed by atoms with E-state index in [0.717, 1.165) is 25.2 Å². The Kier molecular flexibility index (Phi) is 5.29. The van der Waals surface area contributed by atoms with Gasteiger partial charge in [-0.2, -0.15) is 0 Å². The number of carbonyl (C=O) groups is 1. The molecule has 0 radical (unpaired) electrons. The summed E-state index contributed by atoms with van der Waals surface area (Å²) >= 11 is 0. The van der Waals surface area contributed by atoms with Crippen LogP contribution in [0.5, 0.6) is 0 Å². The number of unbranched alkanes of at least 4 members (excludes halogenated alkanes) is 1. The molecule has 2 heterocycles. The van der Waals surface area contributed by atoms with E-state index in [1.165, 1.54) is 0 Å². The van der Waals surface area contributed by atoms with Crippen LogP contribution >= 0.6 is 0 Å². The van der Waals surface area contributed by atoms with Crippen LogP contribution < -0.4 is 4.90 Å². The quantitative estimate of drug-likeness (QED) is 0.809. The van der Waals surface area contributed by atoms with Gasteiger partial charge in [-0.05, 0) is 6.42 Å². The number of carbonyl (C=O) groups excluding carboxylic acids is 1. The van der Waals surface area contributed by atoms with Crippen LogP contribution in [0.2, 0.25) is 0 Å². The Morgan fingerprint density at radius 1 is 1.35 bits per heavy atom. The molecule has 1 aliphatic rings. The van der Waals surface area contributed by atoms with E-state index < -0.39 is 0 Å². The SMILES string of the molecule is CCCCN(C)c1cnc(C(=O)N2CCOCC2)cn1. The van der Waals surface area contributed by atoms with E-state index >= 15 is 0 Å². The maximum atomic E-state index is 12.2. The van der Waals surface area contributed by atoms with Crippen LogP contribution in [0.25, 0.3) is 0 Å². The van der Waals surface area contributed by atoms with Gasteiger partial charge in [0.25, 0.3) is 5.91 Å². The number of nitrogens with zero attached hydrogens (tertiary/aromatic N) is 4. The number of rotatable bonds is 5. The third-order valence-corrected chi connectivity index (χ3v) is 3.39. The average Bonchev–Trinajstić information content (AvgIpc) is 2.53. The highest BCUT2D eigenvalue weighted by atomic mass is 16.5. The van der Waals surface area contributed by atoms with Crippen molar-refractivity contribution in [3.05, 3.63) is 18.1 Å². The highest BCUT2D eigenvalue weighted by molar-refractivity contribution is 5.92. The first kappa shape index (κ1) is 14.7. The van der Waals surface area contributed by atoms with E-state index in [4.69, 9.17) is 4.74 Å². The Balaban J connectivity index is 1.98. The van der Waals surface area contributed by atoms with E-state index in [-0.39, 0.29) is 5.91 Å². The Hall–Kier alpha value is -1.69. The smallest absolute Gasteiger partial charge is 0.274 e. The fourth-order valence-corrected chi connectivity index (χ4v) is 2.07. The van der Waals surface area contributed by atoms with Gasteiger partial charge >= 0.3 is 0 Å². The largest absolute Gasteiger partial charge is 0.378 e. The zero-order valence-corrected chi connectivity index (χ0v) is 12.2. The van der Waals surface area contributed by atoms with Gasteiger partial charge < -0.3 is 14.5 Å². The molecule has 0 saturated carbocycles. The van der Waals surface area contributed by atoms with Gasteiger partial charge in [0.2, 0.25) is 0 Å². The molecule has 6 heteroatoms. The molecular weight excluding hydrogens is 256 g/mol. The number of hydrogen-bond donors (Lipinski definition) is 0. The van der Waals surface area contributed by atoms with Crippen molar-refractivity contribution in [1.82, 2.24) is 14.9 Å². The molecule has 110 valence electrons. The third-order valence-electron chi connectivity index (χ3n) is 3.39. The molecule has 0 N–H and O–H groups in total. The van der Waals surface area contributed by atoms with E-state index in [9.17, 15) is 4.79 Å². The van der Waals surface area contributed by atoms with Crippen molar-refractivity contribution >= 4 is 11.7 Å². The number of aromatic nitrogens is 2. The minimum absolute atomic E-state index is 0.0661. The zero-order chi connectivity index (χ0) is 14.4. The molecule has 1 saturated heterocycles. The van der Waals surface area contributed by atoms with Crippen LogP contribution in [0.3, 0.4) is 0 Å². The number of ether oxygens (including phenoxy) is 1. The van der Waals surface area contributed by atoms with Gasteiger partial charge in [-0.1, -0.05) is 13.3 Å². The highest BCUT2D eigenvalue weighted by Gasteiger charge is 2.20. The zero-order valence-electron chi connectivity index (χ0n) is 12.2. The second-order valence-corrected chi connectivity index (χ2v) is 4.94. The van der Waals surface area contributed by atoms with Crippen molar-refractivity contribution in [2.24, 2.45) is 0 Å². The highest BCUT2D eigenvalue weighted by Crippen LogP contribution is 2.10. The molecule has 1 fully saturated rings. The maximum absolute atomic E-state index is 12.2. The third kappa shape index (κ3) is 3.66. The van der Waals surface area contributed by atoms with Crippen LogP contribution in [0, 0.1) is 0 Å². The molecule has 0 unspecified atom stereocenters. The van der Waals surface area contributed by atoms with Crippen LogP contribution in [0.15, 0.2) is 12.4 Å². The van der Waals surface area contributed by atoms with Gasteiger partial charge in [-0.15, -0.1) is 0 Å². The van der Waals surface area contributed by atoms with Crippen LogP contribution in [-0.2, 0) is 4.74 Å². The lowest BCUT2D eigenvalue weighted by molar-refractivity contribution is 0.0298. The summed E-state index contributed by atoms with van der Waals surface area (Å²) in [6.07, 6.45) is 5.50. The summed E-state index contributed by atoms with van der Waals surface area (Å²) in [6, 6.07) is 0. The fraction of sp³-hybridized carbons (Fsp3) is 0.643. The second-order valence-electron chi connectivity index (χ2n) is 4.94. The first-order chi connectivity index (χ1) is 9.72. The lowest BCUT2D eigenvalue weighted by atomic mass is 10.3. The number of hydrogen-bond acceptors (Lipinski definition) is 5. The fourth-order valence-electron chi connectivity index (χ4n) is 2.07. The van der Waals surface area contributed by atoms with Crippen molar-refractivity contribution in [3.8, 4) is 0 Å². The Morgan fingerprint density at radius 3 is 2.70 bits per heavy atom. The van der Waals surface area contributed by atoms with Crippen molar-refractivity contribution in [2.45, 2.75) is 19.8 Å². The molecule has 0 atom stereocenters. The van der Waals surface area contributed by atoms with Gasteiger partial charge in [-0.25, -0.2) is 9.97 Å². The molecule has 1 aliphatic heterocycles. The van der Waals surface area contributed by atoms with Crippen molar-refractivity contribution < 1.29 is 9.53 Å². The van der Waals surface area contributed by atoms with Crippen molar-refractivity contribution in [1.29, 1.82) is 0 Å². The molecule has 6 nitrogen and oxygen atoms in total. The minimum Gasteiger partial charge on any atom is -0.378 e. The maximum Gasteiger partial charge on any atom is 0.274 e. The molecule has 1 amide bonds. The topological polar surface area (TPSA) is 58.6 Å². The molecule has 0 spiro atoms. The minimum atomic E-state index is -0.0661. The summed E-state index contributed by atoms with van der Waals surface area (Å²) < 4.78 is 5.24. The Labute approximate surface area is 119 Å². The average molecular weight is 278 g/mol. The molecule has 0 aromatic carbocycles. The summed E-state index contributed by atoms with van der Waals surface area (Å²) in [7, 11) is 1.99. The van der Waals surface area contributed by atoms with E-state index in [1.54, 1.807) is 17.3 Å². The summed E-state index contributed by atoms with van der Waals surface area (Å²) in [6.45, 7) is 5.54. The van der Waals surface area contributed by atoms with Crippen LogP contribution in [0.4, 0.5) is 5.82 Å². The molecule has 0 bridgehead atoms. The van der Waals surface area contributed by atoms with E-state index in [1.807, 2.05) is 7.05 Å². The second kappa shape index (κ2) is 7.19. The summed E-state index contributed by atoms with van der Waals surface area (Å²) in [4.78, 5) is 24.6. The van der Waals surface area contributed by atoms with Gasteiger partial charge in [0.1, 0.15) is 11.5 Å². The Morgan fingerprint density at radius 2 is 2.10 bits per heavy atom. The molecular formula is C14H22N4O2. The molecule has 20 heavy (non-hydrogen) atoms. The summed E-state index contributed by atoms with van der Waals surface area (Å²) in [5.41, 5.74) is 0.402. The number of anilines is 1. The van der Waals surface area contributed by atoms with Crippen LogP contribution in [-0.4, -0.2) is 60.7 Å². The normalized spacial score (nSPS) is 15.2. The predicted octanol–water partition coefficient (Wildman–Crippen LogP) is 1.19. The van der Waals surface area contributed by atoms with Crippen LogP contribution in [0.1, 0.15) is 30.3 Å². The standard InChI is InChI=1S/C14H22N4O2/c1-3-4-5-17(2)13-11-15-12(10-16-13)14(19)18-6-8-20-9-7-18/h10-11H,3-9H2,1-2H3. The van der Waals surface area contributed by atoms with Gasteiger partial charge in [0, 0.05) is 26.7 Å². The van der Waals surface area contributed by atoms with Crippen molar-refractivity contribution in [2.75, 3.05) is 44.8 Å². The molecule has 1 aromatic heterocycles. The predicted molar refractivity (Wildman–Crippen MR) is 76.9 cm³/mol. The number of morpholine rings is 1. The van der Waals surface area contributed by atoms with Gasteiger partial charge in [-0.3, -0.25) is 4.79 Å². The van der Waals surface area contributed by atoms with Gasteiger partial charge in [0.05, 0.1) is 25.6 Å². The van der Waals surface area contributed by atoms with Gasteiger partial charge in [0.15, 0.2) is 0 Å². The first-order valence-corrected chi connectivity index (χ1v) is 7.12. The molecule has 2 rings (SSSR count). The lowest BCUT2D eigenvalue weighted by Crippen LogP contribution is -2.41. The lowest BCUT2D eigenvalue weighted by Gasteiger charge is -2.26. The molecule has 0 aliphatic carbocycles. The van der Waals surface area contributed by atoms with E-state index in [2.05, 4.69) is 21.8 Å². The number of amides is 1. The molecule has 1 aromatic rings. The van der Waals surface area contributed by atoms with E-state index in [0.29, 0.717) is 32.0 Å². The Bertz CT molecular complexity index is 429.